The van der Waals surface area contributed by atoms with Gasteiger partial charge in [0.05, 0.1) is 25.0 Å². The molecule has 2 heterocycles. The second kappa shape index (κ2) is 6.36. The molecule has 0 radical (unpaired) electrons. The summed E-state index contributed by atoms with van der Waals surface area (Å²) < 4.78 is 6.62. The minimum Gasteiger partial charge on any atom is -0.383 e. The van der Waals surface area contributed by atoms with Crippen LogP contribution >= 0.6 is 15.9 Å². The van der Waals surface area contributed by atoms with E-state index in [0.717, 1.165) is 0 Å². The summed E-state index contributed by atoms with van der Waals surface area (Å²) in [5, 5.41) is 7.14. The first-order valence-electron chi connectivity index (χ1n) is 6.30. The number of methoxy groups -OCH3 is 1. The highest BCUT2D eigenvalue weighted by atomic mass is 79.9. The van der Waals surface area contributed by atoms with Crippen molar-refractivity contribution >= 4 is 27.5 Å². The topological polar surface area (TPSA) is 76.5 Å². The lowest BCUT2D eigenvalue weighted by Gasteiger charge is -2.15. The Balaban J connectivity index is 2.15. The Morgan fingerprint density at radius 2 is 2.30 bits per heavy atom. The lowest BCUT2D eigenvalue weighted by molar-refractivity contribution is -0.127. The SMILES string of the molecule is COCCn1ncc(NC2CCN(C)C2=O)c(Br)c1=O. The molecular formula is C12H17BrN4O3. The molecule has 8 heteroatoms. The van der Waals surface area contributed by atoms with Crippen molar-refractivity contribution in [2.75, 3.05) is 32.6 Å². The van der Waals surface area contributed by atoms with Gasteiger partial charge in [-0.1, -0.05) is 0 Å². The summed E-state index contributed by atoms with van der Waals surface area (Å²) in [5.41, 5.74) is 0.295. The number of aromatic nitrogens is 2. The van der Waals surface area contributed by atoms with Crippen molar-refractivity contribution in [3.05, 3.63) is 21.0 Å². The van der Waals surface area contributed by atoms with E-state index in [2.05, 4.69) is 26.3 Å². The molecule has 1 atom stereocenters. The summed E-state index contributed by atoms with van der Waals surface area (Å²) in [6.07, 6.45) is 2.27. The van der Waals surface area contributed by atoms with Gasteiger partial charge in [0.25, 0.3) is 5.56 Å². The molecule has 0 aliphatic carbocycles. The van der Waals surface area contributed by atoms with Gasteiger partial charge in [-0.2, -0.15) is 5.10 Å². The maximum absolute atomic E-state index is 12.1. The summed E-state index contributed by atoms with van der Waals surface area (Å²) in [6.45, 7) is 1.52. The number of halogens is 1. The fourth-order valence-electron chi connectivity index (χ4n) is 2.05. The number of carbonyl (C=O) groups excluding carboxylic acids is 1. The van der Waals surface area contributed by atoms with Crippen LogP contribution in [0.5, 0.6) is 0 Å². The van der Waals surface area contributed by atoms with Crippen LogP contribution in [0.2, 0.25) is 0 Å². The monoisotopic (exact) mass is 344 g/mol. The van der Waals surface area contributed by atoms with E-state index in [1.165, 1.54) is 4.68 Å². The molecule has 1 unspecified atom stereocenters. The normalized spacial score (nSPS) is 18.6. The molecule has 1 aliphatic rings. The summed E-state index contributed by atoms with van der Waals surface area (Å²) in [4.78, 5) is 25.6. The molecule has 7 nitrogen and oxygen atoms in total. The van der Waals surface area contributed by atoms with Crippen LogP contribution < -0.4 is 10.9 Å². The van der Waals surface area contributed by atoms with E-state index < -0.39 is 0 Å². The fourth-order valence-corrected chi connectivity index (χ4v) is 2.47. The Hall–Kier alpha value is -1.41. The lowest BCUT2D eigenvalue weighted by atomic mass is 10.2. The number of nitrogens with one attached hydrogen (secondary N) is 1. The molecular weight excluding hydrogens is 328 g/mol. The van der Waals surface area contributed by atoms with Gasteiger partial charge in [-0.25, -0.2) is 4.68 Å². The summed E-state index contributed by atoms with van der Waals surface area (Å²) in [6, 6.07) is -0.299. The van der Waals surface area contributed by atoms with E-state index in [-0.39, 0.29) is 17.5 Å². The van der Waals surface area contributed by atoms with Crippen molar-refractivity contribution in [1.29, 1.82) is 0 Å². The number of hydrogen-bond acceptors (Lipinski definition) is 5. The van der Waals surface area contributed by atoms with Crippen LogP contribution in [0.1, 0.15) is 6.42 Å². The van der Waals surface area contributed by atoms with Gasteiger partial charge in [0.2, 0.25) is 5.91 Å². The highest BCUT2D eigenvalue weighted by molar-refractivity contribution is 9.10. The number of nitrogens with zero attached hydrogens (tertiary/aromatic N) is 3. The van der Waals surface area contributed by atoms with Gasteiger partial charge in [0, 0.05) is 20.7 Å². The highest BCUT2D eigenvalue weighted by Gasteiger charge is 2.29. The van der Waals surface area contributed by atoms with Crippen LogP contribution in [0.3, 0.4) is 0 Å². The van der Waals surface area contributed by atoms with Gasteiger partial charge in [0.1, 0.15) is 10.5 Å². The number of ether oxygens (including phenoxy) is 1. The number of likely N-dealkylation sites (tertiary alicyclic amines) is 1. The second-order valence-corrected chi connectivity index (χ2v) is 5.43. The van der Waals surface area contributed by atoms with Gasteiger partial charge in [-0.05, 0) is 22.4 Å². The average molecular weight is 345 g/mol. The number of amides is 1. The maximum atomic E-state index is 12.1. The Kier molecular flexibility index (Phi) is 4.77. The molecule has 0 bridgehead atoms. The molecule has 110 valence electrons. The highest BCUT2D eigenvalue weighted by Crippen LogP contribution is 2.20. The van der Waals surface area contributed by atoms with Crippen molar-refractivity contribution in [3.8, 4) is 0 Å². The first kappa shape index (κ1) is 15.0. The molecule has 0 saturated carbocycles. The van der Waals surface area contributed by atoms with E-state index >= 15 is 0 Å². The van der Waals surface area contributed by atoms with Crippen LogP contribution in [0.15, 0.2) is 15.5 Å². The summed E-state index contributed by atoms with van der Waals surface area (Å²) in [7, 11) is 3.33. The minimum atomic E-state index is -0.299. The van der Waals surface area contributed by atoms with Crippen LogP contribution in [0.4, 0.5) is 5.69 Å². The quantitative estimate of drug-likeness (QED) is 0.831. The number of likely N-dealkylation sites (N-methyl/N-ethyl adjacent to an activating group) is 1. The predicted molar refractivity (Wildman–Crippen MR) is 77.7 cm³/mol. The Morgan fingerprint density at radius 3 is 2.90 bits per heavy atom. The molecule has 1 amide bonds. The third-order valence-electron chi connectivity index (χ3n) is 3.25. The minimum absolute atomic E-state index is 0.0282. The zero-order chi connectivity index (χ0) is 14.7. The summed E-state index contributed by atoms with van der Waals surface area (Å²) in [5.74, 6) is 0.0282. The van der Waals surface area contributed by atoms with Crippen LogP contribution in [0, 0.1) is 0 Å². The third-order valence-corrected chi connectivity index (χ3v) is 4.02. The first-order chi connectivity index (χ1) is 9.54. The van der Waals surface area contributed by atoms with Crippen molar-refractivity contribution in [3.63, 3.8) is 0 Å². The molecule has 1 saturated heterocycles. The van der Waals surface area contributed by atoms with E-state index in [1.807, 2.05) is 0 Å². The molecule has 1 aromatic rings. The average Bonchev–Trinajstić information content (AvgIpc) is 2.75. The molecule has 1 aromatic heterocycles. The first-order valence-corrected chi connectivity index (χ1v) is 7.10. The Bertz CT molecular complexity index is 560. The van der Waals surface area contributed by atoms with Crippen LogP contribution in [0.25, 0.3) is 0 Å². The molecule has 1 N–H and O–H groups in total. The largest absolute Gasteiger partial charge is 0.383 e. The van der Waals surface area contributed by atoms with E-state index in [0.29, 0.717) is 36.3 Å². The standard InChI is InChI=1S/C12H17BrN4O3/c1-16-4-3-8(11(16)18)15-9-7-14-17(5-6-20-2)12(19)10(9)13/h7-8,15H,3-6H2,1-2H3. The van der Waals surface area contributed by atoms with Crippen molar-refractivity contribution in [2.45, 2.75) is 19.0 Å². The summed E-state index contributed by atoms with van der Waals surface area (Å²) >= 11 is 3.26. The zero-order valence-corrected chi connectivity index (χ0v) is 13.0. The van der Waals surface area contributed by atoms with Crippen LogP contribution in [-0.2, 0) is 16.1 Å². The predicted octanol–water partition coefficient (Wildman–Crippen LogP) is 0.295. The third kappa shape index (κ3) is 3.01. The smallest absolute Gasteiger partial charge is 0.283 e. The molecule has 1 aliphatic heterocycles. The van der Waals surface area contributed by atoms with Crippen LogP contribution in [-0.4, -0.2) is 53.9 Å². The molecule has 1 fully saturated rings. The number of rotatable bonds is 5. The molecule has 0 aromatic carbocycles. The van der Waals surface area contributed by atoms with Crippen molar-refractivity contribution < 1.29 is 9.53 Å². The van der Waals surface area contributed by atoms with Gasteiger partial charge in [-0.15, -0.1) is 0 Å². The van der Waals surface area contributed by atoms with Gasteiger partial charge in [0.15, 0.2) is 0 Å². The van der Waals surface area contributed by atoms with E-state index in [4.69, 9.17) is 4.74 Å². The van der Waals surface area contributed by atoms with Gasteiger partial charge in [-0.3, -0.25) is 9.59 Å². The second-order valence-electron chi connectivity index (χ2n) is 4.64. The molecule has 20 heavy (non-hydrogen) atoms. The van der Waals surface area contributed by atoms with Crippen molar-refractivity contribution in [2.24, 2.45) is 0 Å². The number of carbonyl (C=O) groups is 1. The van der Waals surface area contributed by atoms with Gasteiger partial charge >= 0.3 is 0 Å². The molecule has 0 spiro atoms. The Morgan fingerprint density at radius 1 is 1.55 bits per heavy atom. The number of hydrogen-bond donors (Lipinski definition) is 1. The van der Waals surface area contributed by atoms with Crippen molar-refractivity contribution in [1.82, 2.24) is 14.7 Å². The fraction of sp³-hybridized carbons (Fsp3) is 0.583. The number of anilines is 1. The lowest BCUT2D eigenvalue weighted by Crippen LogP contribution is -2.32. The van der Waals surface area contributed by atoms with E-state index in [1.54, 1.807) is 25.3 Å². The molecule has 2 rings (SSSR count). The Labute approximate surface area is 125 Å². The zero-order valence-electron chi connectivity index (χ0n) is 11.4. The van der Waals surface area contributed by atoms with Gasteiger partial charge < -0.3 is 15.0 Å². The van der Waals surface area contributed by atoms with E-state index in [9.17, 15) is 9.59 Å². The maximum Gasteiger partial charge on any atom is 0.283 e.